The van der Waals surface area contributed by atoms with Gasteiger partial charge in [0.25, 0.3) is 11.8 Å². The van der Waals surface area contributed by atoms with Crippen LogP contribution < -0.4 is 34.6 Å². The Kier molecular flexibility index (Phi) is 17.0. The number of methoxy groups -OCH3 is 1. The largest absolute Gasteiger partial charge is 0.493 e. The van der Waals surface area contributed by atoms with Gasteiger partial charge in [0, 0.05) is 71.9 Å². The van der Waals surface area contributed by atoms with Gasteiger partial charge in [-0.15, -0.1) is 0 Å². The number of nitrogens with zero attached hydrogens (tertiary/aromatic N) is 2. The third kappa shape index (κ3) is 12.2. The van der Waals surface area contributed by atoms with Gasteiger partial charge in [0.15, 0.2) is 17.3 Å². The van der Waals surface area contributed by atoms with E-state index in [0.29, 0.717) is 66.2 Å². The molecule has 0 radical (unpaired) electrons. The van der Waals surface area contributed by atoms with Gasteiger partial charge < -0.3 is 34.6 Å². The van der Waals surface area contributed by atoms with E-state index in [1.165, 1.54) is 11.1 Å². The molecule has 13 nitrogen and oxygen atoms in total. The molecule has 4 aliphatic heterocycles. The van der Waals surface area contributed by atoms with Crippen molar-refractivity contribution in [2.45, 2.75) is 162 Å². The summed E-state index contributed by atoms with van der Waals surface area (Å²) in [6, 6.07) is 28.8. The Morgan fingerprint density at radius 2 is 1.20 bits per heavy atom. The maximum Gasteiger partial charge on any atom is 0.258 e. The smallest absolute Gasteiger partial charge is 0.258 e. The summed E-state index contributed by atoms with van der Waals surface area (Å²) in [5.41, 5.74) is 10.2. The van der Waals surface area contributed by atoms with Crippen LogP contribution in [0, 0.1) is 12.8 Å². The molecule has 9 rings (SSSR count). The predicted molar refractivity (Wildman–Crippen MR) is 295 cm³/mol. The van der Waals surface area contributed by atoms with Gasteiger partial charge in [-0.3, -0.25) is 28.8 Å². The molecule has 5 aromatic rings. The first kappa shape index (κ1) is 53.5. The number of nitrogens with one attached hydrogen (secondary N) is 2. The number of carbonyl (C=O) groups is 6. The number of fused-ring (bicyclic) bond motifs is 8. The van der Waals surface area contributed by atoms with E-state index in [0.717, 1.165) is 97.0 Å². The molecule has 0 aliphatic carbocycles. The number of aryl methyl sites for hydroxylation is 3. The molecular formula is C63H72N4O9. The lowest BCUT2D eigenvalue weighted by molar-refractivity contribution is -0.129. The van der Waals surface area contributed by atoms with Gasteiger partial charge in [-0.25, -0.2) is 0 Å². The third-order valence-corrected chi connectivity index (χ3v) is 15.7. The fourth-order valence-corrected chi connectivity index (χ4v) is 11.4. The molecular weight excluding hydrogens is 957 g/mol. The van der Waals surface area contributed by atoms with E-state index in [9.17, 15) is 28.8 Å². The van der Waals surface area contributed by atoms with Crippen LogP contribution in [-0.2, 0) is 58.1 Å². The Labute approximate surface area is 447 Å². The summed E-state index contributed by atoms with van der Waals surface area (Å²) in [4.78, 5) is 84.4. The molecule has 4 atom stereocenters. The van der Waals surface area contributed by atoms with Crippen molar-refractivity contribution >= 4 is 52.3 Å². The average molecular weight is 1030 g/mol. The number of para-hydroxylation sites is 2. The number of anilines is 3. The number of unbranched alkanes of at least 4 members (excludes halogenated alkanes) is 4. The molecule has 0 bridgehead atoms. The van der Waals surface area contributed by atoms with Crippen LogP contribution >= 0.6 is 0 Å². The molecule has 0 unspecified atom stereocenters. The highest BCUT2D eigenvalue weighted by molar-refractivity contribution is 6.10. The van der Waals surface area contributed by atoms with Gasteiger partial charge in [0.1, 0.15) is 24.7 Å². The Bertz CT molecular complexity index is 3020. The molecule has 0 fully saturated rings. The third-order valence-electron chi connectivity index (χ3n) is 15.7. The van der Waals surface area contributed by atoms with Gasteiger partial charge in [-0.2, -0.15) is 0 Å². The van der Waals surface area contributed by atoms with Crippen molar-refractivity contribution in [1.29, 1.82) is 0 Å². The topological polar surface area (TPSA) is 161 Å². The van der Waals surface area contributed by atoms with Gasteiger partial charge in [-0.05, 0) is 165 Å². The van der Waals surface area contributed by atoms with Crippen molar-refractivity contribution in [1.82, 2.24) is 5.32 Å². The maximum atomic E-state index is 14.2. The lowest BCUT2D eigenvalue weighted by atomic mass is 9.98. The van der Waals surface area contributed by atoms with Crippen LogP contribution in [0.2, 0.25) is 0 Å². The molecule has 5 aromatic carbocycles. The van der Waals surface area contributed by atoms with Crippen LogP contribution in [0.5, 0.6) is 17.2 Å². The van der Waals surface area contributed by atoms with E-state index in [1.807, 2.05) is 89.5 Å². The van der Waals surface area contributed by atoms with Gasteiger partial charge >= 0.3 is 0 Å². The highest BCUT2D eigenvalue weighted by Gasteiger charge is 2.39. The van der Waals surface area contributed by atoms with E-state index in [-0.39, 0.29) is 73.3 Å². The van der Waals surface area contributed by atoms with Crippen molar-refractivity contribution in [2.75, 3.05) is 22.2 Å². The molecule has 0 spiro atoms. The van der Waals surface area contributed by atoms with Crippen LogP contribution in [0.15, 0.2) is 91.0 Å². The molecule has 0 saturated heterocycles. The van der Waals surface area contributed by atoms with Gasteiger partial charge in [0.05, 0.1) is 13.2 Å². The Balaban J connectivity index is 0.883. The monoisotopic (exact) mass is 1030 g/mol. The standard InChI is InChI=1S/C63H72N4O9/c1-6-7-8-9-18-51(68)19-12-15-22-60(70)64-41(4)56(69)28-40(3)61(71)65-48-30-42(37-75-57-34-44-23-25-49-32-46-16-10-13-20-54(46)66(49)62(72)52(44)27-39(57)2)29-43(31-48)38-76-59-35-45-24-26-50-33-47-17-11-14-21-55(47)67(50)63(73)53(45)36-58(59)74-5/h10-11,13-14,16-17,20-21,27,29-31,34-36,40-41,49-50H,6-9,12,15,18-19,22-26,28,32-33,37-38H2,1-5H3,(H,64,70)(H,65,71)/t40-,41+,49-,50-/m1/s1. The molecule has 0 aromatic heterocycles. The molecule has 76 heavy (non-hydrogen) atoms. The highest BCUT2D eigenvalue weighted by Crippen LogP contribution is 2.42. The molecule has 4 amide bonds. The summed E-state index contributed by atoms with van der Waals surface area (Å²) in [6.07, 6.45) is 11.3. The zero-order valence-electron chi connectivity index (χ0n) is 44.8. The van der Waals surface area contributed by atoms with E-state index in [1.54, 1.807) is 27.0 Å². The van der Waals surface area contributed by atoms with Crippen LogP contribution in [0.4, 0.5) is 17.1 Å². The number of Topliss-reactive ketones (excluding diaryl/α,β-unsaturated/α-hetero) is 2. The van der Waals surface area contributed by atoms with Crippen LogP contribution in [0.25, 0.3) is 0 Å². The minimum atomic E-state index is -0.785. The second-order valence-electron chi connectivity index (χ2n) is 21.4. The second kappa shape index (κ2) is 24.2. The van der Waals surface area contributed by atoms with Gasteiger partial charge in [-0.1, -0.05) is 69.5 Å². The molecule has 4 aliphatic rings. The summed E-state index contributed by atoms with van der Waals surface area (Å²) in [6.45, 7) is 7.62. The number of ketones is 2. The van der Waals surface area contributed by atoms with E-state index in [4.69, 9.17) is 14.2 Å². The fraction of sp³-hybridized carbons (Fsp3) is 0.429. The Morgan fingerprint density at radius 1 is 0.645 bits per heavy atom. The van der Waals surface area contributed by atoms with Crippen LogP contribution in [0.3, 0.4) is 0 Å². The first-order valence-corrected chi connectivity index (χ1v) is 27.5. The zero-order chi connectivity index (χ0) is 53.5. The zero-order valence-corrected chi connectivity index (χ0v) is 44.8. The number of rotatable bonds is 23. The lowest BCUT2D eigenvalue weighted by Gasteiger charge is -2.23. The van der Waals surface area contributed by atoms with E-state index >= 15 is 0 Å². The lowest BCUT2D eigenvalue weighted by Crippen LogP contribution is -2.39. The number of hydrogen-bond donors (Lipinski definition) is 2. The van der Waals surface area contributed by atoms with Crippen LogP contribution in [-0.4, -0.2) is 60.4 Å². The molecule has 398 valence electrons. The average Bonchev–Trinajstić information content (AvgIpc) is 3.93. The van der Waals surface area contributed by atoms with E-state index in [2.05, 4.69) is 29.7 Å². The van der Waals surface area contributed by atoms with Crippen molar-refractivity contribution in [3.63, 3.8) is 0 Å². The summed E-state index contributed by atoms with van der Waals surface area (Å²) >= 11 is 0. The number of carbonyl (C=O) groups excluding carboxylic acids is 6. The molecule has 0 saturated carbocycles. The number of hydrogen-bond acceptors (Lipinski definition) is 9. The fourth-order valence-electron chi connectivity index (χ4n) is 11.4. The van der Waals surface area contributed by atoms with Crippen molar-refractivity contribution < 1.29 is 43.0 Å². The Hall–Kier alpha value is -7.28. The first-order valence-electron chi connectivity index (χ1n) is 27.5. The normalized spacial score (nSPS) is 16.9. The minimum Gasteiger partial charge on any atom is -0.493 e. The Morgan fingerprint density at radius 3 is 1.80 bits per heavy atom. The highest BCUT2D eigenvalue weighted by atomic mass is 16.5. The van der Waals surface area contributed by atoms with Gasteiger partial charge in [0.2, 0.25) is 11.8 Å². The summed E-state index contributed by atoms with van der Waals surface area (Å²) in [5.74, 6) is 0.141. The number of ether oxygens (including phenoxy) is 3. The predicted octanol–water partition coefficient (Wildman–Crippen LogP) is 11.3. The first-order chi connectivity index (χ1) is 36.8. The maximum absolute atomic E-state index is 14.2. The molecule has 4 heterocycles. The quantitative estimate of drug-likeness (QED) is 0.0607. The number of benzene rings is 5. The number of amides is 4. The molecule has 2 N–H and O–H groups in total. The van der Waals surface area contributed by atoms with Crippen molar-refractivity contribution in [3.05, 3.63) is 141 Å². The summed E-state index contributed by atoms with van der Waals surface area (Å²) in [7, 11) is 1.56. The molecule has 13 heteroatoms. The van der Waals surface area contributed by atoms with Crippen molar-refractivity contribution in [2.24, 2.45) is 5.92 Å². The van der Waals surface area contributed by atoms with Crippen LogP contribution in [0.1, 0.15) is 157 Å². The second-order valence-corrected chi connectivity index (χ2v) is 21.4. The summed E-state index contributed by atoms with van der Waals surface area (Å²) in [5, 5.41) is 5.81. The minimum absolute atomic E-state index is 0.00755. The van der Waals surface area contributed by atoms with Crippen molar-refractivity contribution in [3.8, 4) is 17.2 Å². The SMILES string of the molecule is CCCCCCC(=O)CCCCC(=O)N[C@@H](C)C(=O)C[C@@H](C)C(=O)Nc1cc(COc2cc3c(cc2C)C(=O)N2c4ccccc4C[C@H]2CC3)cc(COc2cc3c(cc2OC)C(=O)N2c4ccccc4C[C@H]2CC3)c1. The summed E-state index contributed by atoms with van der Waals surface area (Å²) < 4.78 is 18.9. The van der Waals surface area contributed by atoms with E-state index < -0.39 is 12.0 Å².